The largest absolute Gasteiger partial charge is 0.462 e. The third kappa shape index (κ3) is 34.5. The first-order chi connectivity index (χ1) is 25.3. The summed E-state index contributed by atoms with van der Waals surface area (Å²) in [5.74, 6) is -0.0517. The lowest BCUT2D eigenvalue weighted by molar-refractivity contribution is -0.935. The summed E-state index contributed by atoms with van der Waals surface area (Å²) in [6.07, 6.45) is 38.0. The SMILES string of the molecule is CCCCCC/C=C\COC(C)OCCCCCCCCC(CCCCCCCCO)OC(=O)CCC[N+](C)(C)C(C)OC/C=C\CCCCCC. The van der Waals surface area contributed by atoms with Gasteiger partial charge in [-0.15, -0.1) is 0 Å². The number of unbranched alkanes of at least 4 members (excludes halogenated alkanes) is 18. The van der Waals surface area contributed by atoms with Crippen LogP contribution in [0.4, 0.5) is 0 Å². The molecule has 0 aromatic heterocycles. The van der Waals surface area contributed by atoms with Crippen LogP contribution in [0.25, 0.3) is 0 Å². The monoisotopic (exact) mass is 739 g/mol. The highest BCUT2D eigenvalue weighted by molar-refractivity contribution is 5.69. The summed E-state index contributed by atoms with van der Waals surface area (Å²) >= 11 is 0. The summed E-state index contributed by atoms with van der Waals surface area (Å²) in [5, 5.41) is 9.03. The van der Waals surface area contributed by atoms with Gasteiger partial charge in [-0.3, -0.25) is 4.79 Å². The molecule has 0 fully saturated rings. The minimum Gasteiger partial charge on any atom is -0.462 e. The molecule has 3 unspecified atom stereocenters. The van der Waals surface area contributed by atoms with Crippen molar-refractivity contribution in [3.05, 3.63) is 24.3 Å². The molecule has 0 saturated heterocycles. The van der Waals surface area contributed by atoms with Crippen molar-refractivity contribution in [3.8, 4) is 0 Å². The Morgan fingerprint density at radius 1 is 0.596 bits per heavy atom. The third-order valence-corrected chi connectivity index (χ3v) is 10.2. The van der Waals surface area contributed by atoms with Crippen LogP contribution >= 0.6 is 0 Å². The van der Waals surface area contributed by atoms with Gasteiger partial charge in [0.1, 0.15) is 6.10 Å². The lowest BCUT2D eigenvalue weighted by atomic mass is 10.0. The molecular weight excluding hydrogens is 650 g/mol. The van der Waals surface area contributed by atoms with Gasteiger partial charge in [0, 0.05) is 26.6 Å². The number of allylic oxidation sites excluding steroid dienone is 2. The first-order valence-electron chi connectivity index (χ1n) is 22.0. The number of aliphatic hydroxyl groups is 1. The summed E-state index contributed by atoms with van der Waals surface area (Å²) < 4.78 is 24.5. The fraction of sp³-hybridized carbons (Fsp3) is 0.889. The molecule has 0 rings (SSSR count). The fourth-order valence-corrected chi connectivity index (χ4v) is 6.33. The molecule has 0 aliphatic carbocycles. The Bertz CT molecular complexity index is 816. The van der Waals surface area contributed by atoms with Crippen molar-refractivity contribution in [1.82, 2.24) is 0 Å². The minimum atomic E-state index is -0.157. The van der Waals surface area contributed by atoms with Gasteiger partial charge in [0.25, 0.3) is 0 Å². The van der Waals surface area contributed by atoms with E-state index in [-0.39, 0.29) is 31.2 Å². The van der Waals surface area contributed by atoms with E-state index in [0.717, 1.165) is 81.8 Å². The minimum absolute atomic E-state index is 0.0225. The van der Waals surface area contributed by atoms with Crippen molar-refractivity contribution in [1.29, 1.82) is 0 Å². The van der Waals surface area contributed by atoms with Gasteiger partial charge in [-0.1, -0.05) is 128 Å². The maximum absolute atomic E-state index is 13.0. The average molecular weight is 739 g/mol. The van der Waals surface area contributed by atoms with Gasteiger partial charge in [0.05, 0.1) is 40.3 Å². The van der Waals surface area contributed by atoms with E-state index >= 15 is 0 Å². The van der Waals surface area contributed by atoms with Gasteiger partial charge in [-0.05, 0) is 71.1 Å². The van der Waals surface area contributed by atoms with Crippen LogP contribution in [-0.4, -0.2) is 81.2 Å². The van der Waals surface area contributed by atoms with Crippen LogP contribution in [0.3, 0.4) is 0 Å². The van der Waals surface area contributed by atoms with E-state index in [2.05, 4.69) is 59.2 Å². The predicted molar refractivity (Wildman–Crippen MR) is 220 cm³/mol. The third-order valence-electron chi connectivity index (χ3n) is 10.2. The highest BCUT2D eigenvalue weighted by Crippen LogP contribution is 2.19. The number of rotatable bonds is 40. The van der Waals surface area contributed by atoms with E-state index in [0.29, 0.717) is 19.6 Å². The van der Waals surface area contributed by atoms with Gasteiger partial charge in [-0.2, -0.15) is 0 Å². The van der Waals surface area contributed by atoms with Gasteiger partial charge in [0.15, 0.2) is 12.5 Å². The number of hydrogen-bond donors (Lipinski definition) is 1. The summed E-state index contributed by atoms with van der Waals surface area (Å²) in [5.41, 5.74) is 0. The van der Waals surface area contributed by atoms with Crippen LogP contribution in [0.2, 0.25) is 0 Å². The number of hydrogen-bond acceptors (Lipinski definition) is 6. The summed E-state index contributed by atoms with van der Waals surface area (Å²) in [7, 11) is 4.37. The van der Waals surface area contributed by atoms with Gasteiger partial charge >= 0.3 is 5.97 Å². The molecule has 0 heterocycles. The van der Waals surface area contributed by atoms with E-state index in [1.807, 2.05) is 6.92 Å². The second kappa shape index (κ2) is 38.0. The predicted octanol–water partition coefficient (Wildman–Crippen LogP) is 12.0. The molecule has 0 bridgehead atoms. The zero-order valence-electron chi connectivity index (χ0n) is 35.4. The Hall–Kier alpha value is -1.25. The second-order valence-electron chi connectivity index (χ2n) is 15.6. The van der Waals surface area contributed by atoms with E-state index in [1.54, 1.807) is 0 Å². The standard InChI is InChI=1S/C45H88NO6/c1-7-9-11-13-18-24-30-39-49-42(3)46(5,6)37-33-36-45(48)52-44(34-27-21-15-17-23-29-38-47)35-28-22-16-20-26-32-41-51-43(4)50-40-31-25-19-14-12-10-8-2/h24-25,30-31,42-44,47H,7-23,26-29,32-41H2,1-6H3/q+1/b30-24-,31-25-. The Kier molecular flexibility index (Phi) is 37.1. The van der Waals surface area contributed by atoms with E-state index in [1.165, 1.54) is 96.3 Å². The number of nitrogens with zero attached hydrogens (tertiary/aromatic N) is 1. The van der Waals surface area contributed by atoms with Crippen molar-refractivity contribution < 1.29 is 33.3 Å². The Morgan fingerprint density at radius 2 is 1.10 bits per heavy atom. The molecule has 0 spiro atoms. The van der Waals surface area contributed by atoms with E-state index < -0.39 is 0 Å². The number of ether oxygens (including phenoxy) is 4. The lowest BCUT2D eigenvalue weighted by Crippen LogP contribution is -2.49. The zero-order valence-corrected chi connectivity index (χ0v) is 35.4. The van der Waals surface area contributed by atoms with Gasteiger partial charge in [0.2, 0.25) is 0 Å². The highest BCUT2D eigenvalue weighted by Gasteiger charge is 2.25. The summed E-state index contributed by atoms with van der Waals surface area (Å²) in [6.45, 7) is 11.8. The quantitative estimate of drug-likeness (QED) is 0.0222. The highest BCUT2D eigenvalue weighted by atomic mass is 16.7. The van der Waals surface area contributed by atoms with Crippen molar-refractivity contribution >= 4 is 5.97 Å². The normalized spacial score (nSPS) is 14.1. The van der Waals surface area contributed by atoms with Crippen molar-refractivity contribution in [3.63, 3.8) is 0 Å². The maximum Gasteiger partial charge on any atom is 0.306 e. The Balaban J connectivity index is 4.32. The van der Waals surface area contributed by atoms with Crippen LogP contribution < -0.4 is 0 Å². The molecule has 52 heavy (non-hydrogen) atoms. The van der Waals surface area contributed by atoms with E-state index in [9.17, 15) is 4.79 Å². The van der Waals surface area contributed by atoms with Crippen LogP contribution in [0.15, 0.2) is 24.3 Å². The maximum atomic E-state index is 13.0. The molecule has 7 nitrogen and oxygen atoms in total. The second-order valence-corrected chi connectivity index (χ2v) is 15.6. The van der Waals surface area contributed by atoms with Crippen LogP contribution in [0, 0.1) is 0 Å². The Morgan fingerprint density at radius 3 is 1.65 bits per heavy atom. The first-order valence-corrected chi connectivity index (χ1v) is 22.0. The molecule has 0 saturated carbocycles. The molecule has 3 atom stereocenters. The molecule has 0 aromatic rings. The molecule has 0 radical (unpaired) electrons. The number of carbonyl (C=O) groups excluding carboxylic acids is 1. The van der Waals surface area contributed by atoms with Crippen LogP contribution in [-0.2, 0) is 23.7 Å². The topological polar surface area (TPSA) is 74.2 Å². The number of esters is 1. The van der Waals surface area contributed by atoms with Crippen molar-refractivity contribution in [2.45, 2.75) is 213 Å². The molecule has 1 N–H and O–H groups in total. The number of aliphatic hydroxyl groups excluding tert-OH is 1. The van der Waals surface area contributed by atoms with Crippen LogP contribution in [0.5, 0.6) is 0 Å². The molecule has 0 amide bonds. The van der Waals surface area contributed by atoms with Crippen LogP contribution in [0.1, 0.15) is 195 Å². The smallest absolute Gasteiger partial charge is 0.306 e. The lowest BCUT2D eigenvalue weighted by Gasteiger charge is -2.35. The number of carbonyl (C=O) groups is 1. The Labute approximate surface area is 323 Å². The fourth-order valence-electron chi connectivity index (χ4n) is 6.33. The molecule has 0 aliphatic heterocycles. The molecule has 7 heteroatoms. The molecule has 0 aliphatic rings. The molecular formula is C45H88NO6+. The van der Waals surface area contributed by atoms with Crippen molar-refractivity contribution in [2.75, 3.05) is 47.1 Å². The van der Waals surface area contributed by atoms with Gasteiger partial charge in [-0.25, -0.2) is 0 Å². The average Bonchev–Trinajstić information content (AvgIpc) is 3.12. The first kappa shape index (κ1) is 50.8. The summed E-state index contributed by atoms with van der Waals surface area (Å²) in [4.78, 5) is 13.0. The zero-order chi connectivity index (χ0) is 38.4. The molecule has 0 aromatic carbocycles. The van der Waals surface area contributed by atoms with Gasteiger partial charge < -0.3 is 28.5 Å². The molecule has 308 valence electrons. The summed E-state index contributed by atoms with van der Waals surface area (Å²) in [6, 6.07) is 0. The number of quaternary nitrogens is 1. The van der Waals surface area contributed by atoms with Crippen molar-refractivity contribution in [2.24, 2.45) is 0 Å². The van der Waals surface area contributed by atoms with E-state index in [4.69, 9.17) is 24.1 Å².